The molecule has 0 aromatic heterocycles. The number of carbonyl (C=O) groups excluding carboxylic acids is 1. The van der Waals surface area contributed by atoms with Crippen LogP contribution in [-0.4, -0.2) is 47.8 Å². The molecule has 0 radical (unpaired) electrons. The number of hydrogen-bond donors (Lipinski definition) is 4. The Bertz CT molecular complexity index is 1120. The van der Waals surface area contributed by atoms with E-state index in [-0.39, 0.29) is 25.7 Å². The minimum atomic E-state index is -4.35. The molecule has 5 N–H and O–H groups in total. The van der Waals surface area contributed by atoms with Gasteiger partial charge in [0.1, 0.15) is 0 Å². The molecule has 0 aliphatic heterocycles. The van der Waals surface area contributed by atoms with E-state index >= 15 is 0 Å². The van der Waals surface area contributed by atoms with Crippen molar-refractivity contribution in [2.45, 2.75) is 206 Å². The Morgan fingerprint density at radius 3 is 1.49 bits per heavy atom. The van der Waals surface area contributed by atoms with Crippen molar-refractivity contribution in [3.63, 3.8) is 0 Å². The molecule has 0 aliphatic carbocycles. The van der Waals surface area contributed by atoms with Crippen LogP contribution in [0.3, 0.4) is 0 Å². The molecule has 330 valence electrons. The third kappa shape index (κ3) is 41.9. The van der Waals surface area contributed by atoms with Gasteiger partial charge in [-0.05, 0) is 64.2 Å². The first kappa shape index (κ1) is 54.9. The number of nitrogens with one attached hydrogen (secondary N) is 1. The highest BCUT2D eigenvalue weighted by Crippen LogP contribution is 2.43. The lowest BCUT2D eigenvalue weighted by molar-refractivity contribution is -0.123. The predicted octanol–water partition coefficient (Wildman–Crippen LogP) is 13.2. The van der Waals surface area contributed by atoms with Crippen LogP contribution in [0.2, 0.25) is 0 Å². The van der Waals surface area contributed by atoms with E-state index in [4.69, 9.17) is 14.8 Å². The van der Waals surface area contributed by atoms with Crippen LogP contribution in [0.1, 0.15) is 194 Å². The number of unbranched alkanes of at least 4 members (excludes halogenated alkanes) is 20. The molecule has 0 heterocycles. The van der Waals surface area contributed by atoms with E-state index in [1.54, 1.807) is 6.08 Å². The summed E-state index contributed by atoms with van der Waals surface area (Å²) < 4.78 is 22.1. The van der Waals surface area contributed by atoms with Crippen molar-refractivity contribution in [1.82, 2.24) is 5.32 Å². The second-order valence-electron chi connectivity index (χ2n) is 15.2. The van der Waals surface area contributed by atoms with Crippen molar-refractivity contribution < 1.29 is 28.4 Å². The standard InChI is InChI=1S/C48H87N2O6P/c1-3-5-7-9-11-13-15-17-19-21-23-25-27-29-31-33-35-37-39-41-47(51)46(45-56-57(53,54)55-44-43-49)50-48(52)42-40-38-36-34-32-30-28-26-24-22-20-18-16-14-12-10-8-6-4-2/h6,8,12,14,18,20,24,26,30,32,39,41,46-47,51H,3-5,7,9-11,13,15-17,19,21-23,25,27-29,31,33-38,40,42-45,49H2,1-2H3,(H,50,52)(H,53,54)/b8-6-,14-12-,20-18-,26-24-,32-30-,41-39+. The van der Waals surface area contributed by atoms with E-state index in [1.165, 1.54) is 96.3 Å². The Balaban J connectivity index is 4.27. The molecular formula is C48H87N2O6P. The van der Waals surface area contributed by atoms with E-state index in [0.29, 0.717) is 12.8 Å². The number of aliphatic hydroxyl groups is 1. The normalized spacial score (nSPS) is 14.7. The van der Waals surface area contributed by atoms with Gasteiger partial charge in [-0.2, -0.15) is 0 Å². The van der Waals surface area contributed by atoms with Crippen LogP contribution < -0.4 is 11.1 Å². The molecule has 3 unspecified atom stereocenters. The number of phosphoric acid groups is 1. The molecule has 1 amide bonds. The Morgan fingerprint density at radius 1 is 0.596 bits per heavy atom. The molecule has 0 saturated carbocycles. The van der Waals surface area contributed by atoms with Gasteiger partial charge in [-0.1, -0.05) is 196 Å². The Hall–Kier alpha value is -2.06. The van der Waals surface area contributed by atoms with E-state index in [1.807, 2.05) is 6.08 Å². The van der Waals surface area contributed by atoms with Crippen molar-refractivity contribution in [3.8, 4) is 0 Å². The van der Waals surface area contributed by atoms with E-state index in [0.717, 1.165) is 70.6 Å². The monoisotopic (exact) mass is 819 g/mol. The topological polar surface area (TPSA) is 131 Å². The van der Waals surface area contributed by atoms with Crippen molar-refractivity contribution in [3.05, 3.63) is 72.9 Å². The van der Waals surface area contributed by atoms with Crippen molar-refractivity contribution in [2.24, 2.45) is 5.73 Å². The van der Waals surface area contributed by atoms with E-state index in [9.17, 15) is 19.4 Å². The molecule has 3 atom stereocenters. The number of phosphoric ester groups is 1. The lowest BCUT2D eigenvalue weighted by Gasteiger charge is -2.23. The average Bonchev–Trinajstić information content (AvgIpc) is 3.20. The average molecular weight is 819 g/mol. The molecule has 8 nitrogen and oxygen atoms in total. The lowest BCUT2D eigenvalue weighted by Crippen LogP contribution is -2.45. The summed E-state index contributed by atoms with van der Waals surface area (Å²) in [6.45, 7) is 3.99. The zero-order chi connectivity index (χ0) is 41.8. The van der Waals surface area contributed by atoms with Gasteiger partial charge in [0.2, 0.25) is 5.91 Å². The highest BCUT2D eigenvalue weighted by Gasteiger charge is 2.26. The third-order valence-corrected chi connectivity index (χ3v) is 10.8. The van der Waals surface area contributed by atoms with Gasteiger partial charge in [0.15, 0.2) is 0 Å². The molecule has 0 spiro atoms. The smallest absolute Gasteiger partial charge is 0.387 e. The first-order valence-corrected chi connectivity index (χ1v) is 24.6. The highest BCUT2D eigenvalue weighted by molar-refractivity contribution is 7.47. The van der Waals surface area contributed by atoms with Crippen LogP contribution in [-0.2, 0) is 18.4 Å². The molecule has 0 bridgehead atoms. The quantitative estimate of drug-likeness (QED) is 0.0274. The highest BCUT2D eigenvalue weighted by atomic mass is 31.2. The molecular weight excluding hydrogens is 732 g/mol. The number of allylic oxidation sites excluding steroid dienone is 11. The summed E-state index contributed by atoms with van der Waals surface area (Å²) in [4.78, 5) is 22.7. The van der Waals surface area contributed by atoms with Gasteiger partial charge < -0.3 is 21.1 Å². The fourth-order valence-electron chi connectivity index (χ4n) is 6.33. The first-order valence-electron chi connectivity index (χ1n) is 23.1. The first-order chi connectivity index (χ1) is 27.9. The van der Waals surface area contributed by atoms with Crippen molar-refractivity contribution in [1.29, 1.82) is 0 Å². The van der Waals surface area contributed by atoms with Crippen LogP contribution in [0.5, 0.6) is 0 Å². The Labute approximate surface area is 350 Å². The summed E-state index contributed by atoms with van der Waals surface area (Å²) in [6, 6.07) is -0.882. The molecule has 0 aliphatic rings. The van der Waals surface area contributed by atoms with Gasteiger partial charge in [0, 0.05) is 13.0 Å². The summed E-state index contributed by atoms with van der Waals surface area (Å²) in [7, 11) is -4.35. The second-order valence-corrected chi connectivity index (χ2v) is 16.7. The van der Waals surface area contributed by atoms with Crippen LogP contribution in [0.4, 0.5) is 0 Å². The maximum atomic E-state index is 12.8. The zero-order valence-electron chi connectivity index (χ0n) is 36.6. The minimum Gasteiger partial charge on any atom is -0.387 e. The minimum absolute atomic E-state index is 0.0694. The maximum Gasteiger partial charge on any atom is 0.472 e. The molecule has 9 heteroatoms. The lowest BCUT2D eigenvalue weighted by atomic mass is 10.0. The van der Waals surface area contributed by atoms with E-state index < -0.39 is 20.0 Å². The maximum absolute atomic E-state index is 12.8. The van der Waals surface area contributed by atoms with Gasteiger partial charge in [0.25, 0.3) is 0 Å². The number of carbonyl (C=O) groups is 1. The fourth-order valence-corrected chi connectivity index (χ4v) is 7.09. The Kier molecular flexibility index (Phi) is 41.9. The number of amides is 1. The molecule has 0 fully saturated rings. The van der Waals surface area contributed by atoms with Gasteiger partial charge in [-0.3, -0.25) is 13.8 Å². The molecule has 0 aromatic carbocycles. The zero-order valence-corrected chi connectivity index (χ0v) is 37.4. The SMILES string of the molecule is CC/C=C\C/C=C\C/C=C\C/C=C\C/C=C\CCCCCC(=O)NC(COP(=O)(O)OCCN)C(O)/C=C/CCCCCCCCCCCCCCCCCCC. The van der Waals surface area contributed by atoms with Crippen LogP contribution in [0, 0.1) is 0 Å². The van der Waals surface area contributed by atoms with Crippen LogP contribution in [0.15, 0.2) is 72.9 Å². The summed E-state index contributed by atoms with van der Waals surface area (Å²) in [5.74, 6) is -0.227. The molecule has 0 rings (SSSR count). The third-order valence-electron chi connectivity index (χ3n) is 9.79. The van der Waals surface area contributed by atoms with Crippen LogP contribution in [0.25, 0.3) is 0 Å². The van der Waals surface area contributed by atoms with Gasteiger partial charge >= 0.3 is 7.82 Å². The van der Waals surface area contributed by atoms with Gasteiger partial charge in [-0.25, -0.2) is 4.57 Å². The summed E-state index contributed by atoms with van der Waals surface area (Å²) >= 11 is 0. The van der Waals surface area contributed by atoms with Crippen molar-refractivity contribution in [2.75, 3.05) is 19.8 Å². The Morgan fingerprint density at radius 2 is 1.02 bits per heavy atom. The number of rotatable bonds is 42. The summed E-state index contributed by atoms with van der Waals surface area (Å²) in [6.07, 6.45) is 56.7. The van der Waals surface area contributed by atoms with Crippen molar-refractivity contribution >= 4 is 13.7 Å². The number of nitrogens with two attached hydrogens (primary N) is 1. The predicted molar refractivity (Wildman–Crippen MR) is 244 cm³/mol. The van der Waals surface area contributed by atoms with Gasteiger partial charge in [-0.15, -0.1) is 0 Å². The van der Waals surface area contributed by atoms with Gasteiger partial charge in [0.05, 0.1) is 25.4 Å². The molecule has 57 heavy (non-hydrogen) atoms. The number of aliphatic hydroxyl groups excluding tert-OH is 1. The van der Waals surface area contributed by atoms with E-state index in [2.05, 4.69) is 79.9 Å². The summed E-state index contributed by atoms with van der Waals surface area (Å²) in [5, 5.41) is 13.7. The second kappa shape index (κ2) is 43.5. The fraction of sp³-hybridized carbons (Fsp3) is 0.729. The molecule has 0 aromatic rings. The van der Waals surface area contributed by atoms with Crippen LogP contribution >= 0.6 is 7.82 Å². The molecule has 0 saturated heterocycles. The number of hydrogen-bond acceptors (Lipinski definition) is 6. The summed E-state index contributed by atoms with van der Waals surface area (Å²) in [5.41, 5.74) is 5.38. The largest absolute Gasteiger partial charge is 0.472 e.